The lowest BCUT2D eigenvalue weighted by molar-refractivity contribution is 0.0735. The van der Waals surface area contributed by atoms with Crippen LogP contribution in [0.4, 0.5) is 0 Å². The summed E-state index contributed by atoms with van der Waals surface area (Å²) < 4.78 is 0.913. The van der Waals surface area contributed by atoms with E-state index >= 15 is 0 Å². The number of nitrogens with zero attached hydrogens (tertiary/aromatic N) is 1. The lowest BCUT2D eigenvalue weighted by Crippen LogP contribution is -2.35. The summed E-state index contributed by atoms with van der Waals surface area (Å²) in [5.74, 6) is 0.118. The van der Waals surface area contributed by atoms with E-state index < -0.39 is 0 Å². The number of hydrogen-bond donors (Lipinski definition) is 0. The maximum atomic E-state index is 12.6. The van der Waals surface area contributed by atoms with Crippen LogP contribution in [0.25, 0.3) is 0 Å². The molecule has 1 amide bonds. The molecule has 0 atom stereocenters. The molecule has 0 radical (unpaired) electrons. The number of carbonyl (C=O) groups excluding carboxylic acids is 1. The first-order chi connectivity index (χ1) is 9.16. The molecule has 1 aromatic heterocycles. The Morgan fingerprint density at radius 2 is 2.21 bits per heavy atom. The fraction of sp³-hybridized carbons (Fsp3) is 0.267. The molecule has 2 heterocycles. The number of carbonyl (C=O) groups is 1. The van der Waals surface area contributed by atoms with E-state index in [0.29, 0.717) is 0 Å². The van der Waals surface area contributed by atoms with Crippen molar-refractivity contribution in [1.29, 1.82) is 0 Å². The second-order valence-electron chi connectivity index (χ2n) is 4.78. The molecule has 4 heteroatoms. The van der Waals surface area contributed by atoms with E-state index in [9.17, 15) is 4.79 Å². The zero-order valence-corrected chi connectivity index (χ0v) is 13.1. The average molecular weight is 336 g/mol. The van der Waals surface area contributed by atoms with Crippen molar-refractivity contribution in [2.24, 2.45) is 0 Å². The highest BCUT2D eigenvalue weighted by atomic mass is 79.9. The fourth-order valence-corrected chi connectivity index (χ4v) is 3.73. The quantitative estimate of drug-likeness (QED) is 0.770. The maximum Gasteiger partial charge on any atom is 0.255 e. The Bertz CT molecular complexity index is 635. The van der Waals surface area contributed by atoms with Gasteiger partial charge in [0.05, 0.1) is 5.56 Å². The molecule has 1 aliphatic rings. The number of hydrogen-bond acceptors (Lipinski definition) is 2. The lowest BCUT2D eigenvalue weighted by atomic mass is 10.1. The summed E-state index contributed by atoms with van der Waals surface area (Å²) in [6.45, 7) is 3.55. The van der Waals surface area contributed by atoms with Gasteiger partial charge in [-0.2, -0.15) is 0 Å². The first kappa shape index (κ1) is 12.9. The summed E-state index contributed by atoms with van der Waals surface area (Å²) in [6, 6.07) is 7.97. The SMILES string of the molecule is Cc1cccc(C(=O)N2CCc3sccc3C2)c1Br. The summed E-state index contributed by atoms with van der Waals surface area (Å²) in [4.78, 5) is 16.0. The molecule has 0 saturated carbocycles. The van der Waals surface area contributed by atoms with Crippen LogP contribution in [0.2, 0.25) is 0 Å². The number of amides is 1. The highest BCUT2D eigenvalue weighted by Crippen LogP contribution is 2.27. The minimum Gasteiger partial charge on any atom is -0.334 e. The van der Waals surface area contributed by atoms with E-state index in [1.807, 2.05) is 30.0 Å². The molecule has 0 aliphatic carbocycles. The lowest BCUT2D eigenvalue weighted by Gasteiger charge is -2.27. The third-order valence-electron chi connectivity index (χ3n) is 3.52. The zero-order valence-electron chi connectivity index (χ0n) is 10.6. The maximum absolute atomic E-state index is 12.6. The molecular formula is C15H14BrNOS. The zero-order chi connectivity index (χ0) is 13.4. The second-order valence-corrected chi connectivity index (χ2v) is 6.58. The van der Waals surface area contributed by atoms with Crippen molar-refractivity contribution >= 4 is 33.2 Å². The summed E-state index contributed by atoms with van der Waals surface area (Å²) >= 11 is 5.32. The molecule has 1 aromatic carbocycles. The number of benzene rings is 1. The van der Waals surface area contributed by atoms with E-state index in [-0.39, 0.29) is 5.91 Å². The van der Waals surface area contributed by atoms with Crippen molar-refractivity contribution in [2.45, 2.75) is 19.9 Å². The normalized spacial score (nSPS) is 14.3. The number of fused-ring (bicyclic) bond motifs is 1. The molecule has 0 unspecified atom stereocenters. The van der Waals surface area contributed by atoms with Crippen molar-refractivity contribution in [3.05, 3.63) is 55.7 Å². The molecule has 2 aromatic rings. The molecule has 98 valence electrons. The third kappa shape index (κ3) is 2.35. The van der Waals surface area contributed by atoms with Crippen LogP contribution in [-0.4, -0.2) is 17.4 Å². The van der Waals surface area contributed by atoms with Gasteiger partial charge < -0.3 is 4.90 Å². The predicted molar refractivity (Wildman–Crippen MR) is 81.6 cm³/mol. The number of aryl methyl sites for hydroxylation is 1. The Kier molecular flexibility index (Phi) is 3.46. The Morgan fingerprint density at radius 1 is 1.37 bits per heavy atom. The van der Waals surface area contributed by atoms with Gasteiger partial charge in [-0.1, -0.05) is 12.1 Å². The van der Waals surface area contributed by atoms with E-state index in [0.717, 1.165) is 35.1 Å². The summed E-state index contributed by atoms with van der Waals surface area (Å²) in [5, 5.41) is 2.11. The third-order valence-corrected chi connectivity index (χ3v) is 5.59. The van der Waals surface area contributed by atoms with Gasteiger partial charge in [0.1, 0.15) is 0 Å². The molecule has 1 aliphatic heterocycles. The minimum atomic E-state index is 0.118. The van der Waals surface area contributed by atoms with Crippen molar-refractivity contribution < 1.29 is 4.79 Å². The van der Waals surface area contributed by atoms with Crippen molar-refractivity contribution in [2.75, 3.05) is 6.54 Å². The number of halogens is 1. The minimum absolute atomic E-state index is 0.118. The number of rotatable bonds is 1. The van der Waals surface area contributed by atoms with Crippen molar-refractivity contribution in [3.63, 3.8) is 0 Å². The summed E-state index contributed by atoms with van der Waals surface area (Å²) in [7, 11) is 0. The molecule has 0 saturated heterocycles. The molecule has 0 spiro atoms. The average Bonchev–Trinajstić information content (AvgIpc) is 2.88. The largest absolute Gasteiger partial charge is 0.334 e. The van der Waals surface area contributed by atoms with Gasteiger partial charge in [0.2, 0.25) is 0 Å². The molecule has 19 heavy (non-hydrogen) atoms. The monoisotopic (exact) mass is 335 g/mol. The van der Waals surface area contributed by atoms with Gasteiger partial charge in [0.15, 0.2) is 0 Å². The Balaban J connectivity index is 1.88. The summed E-state index contributed by atoms with van der Waals surface area (Å²) in [5.41, 5.74) is 3.16. The first-order valence-electron chi connectivity index (χ1n) is 6.26. The van der Waals surface area contributed by atoms with E-state index in [1.165, 1.54) is 10.4 Å². The topological polar surface area (TPSA) is 20.3 Å². The van der Waals surface area contributed by atoms with Crippen LogP contribution in [0.5, 0.6) is 0 Å². The molecule has 0 N–H and O–H groups in total. The Hall–Kier alpha value is -1.13. The van der Waals surface area contributed by atoms with Crippen LogP contribution in [0.15, 0.2) is 34.1 Å². The van der Waals surface area contributed by atoms with Crippen molar-refractivity contribution in [3.8, 4) is 0 Å². The molecule has 2 nitrogen and oxygen atoms in total. The molecule has 3 rings (SSSR count). The number of thiophene rings is 1. The molecular weight excluding hydrogens is 322 g/mol. The Morgan fingerprint density at radius 3 is 3.05 bits per heavy atom. The molecule has 0 bridgehead atoms. The van der Waals surface area contributed by atoms with Gasteiger partial charge in [-0.15, -0.1) is 11.3 Å². The van der Waals surface area contributed by atoms with Gasteiger partial charge in [-0.25, -0.2) is 0 Å². The molecule has 0 fully saturated rings. The van der Waals surface area contributed by atoms with E-state index in [1.54, 1.807) is 11.3 Å². The van der Waals surface area contributed by atoms with Crippen LogP contribution < -0.4 is 0 Å². The van der Waals surface area contributed by atoms with Gasteiger partial charge in [-0.05, 0) is 57.9 Å². The van der Waals surface area contributed by atoms with Gasteiger partial charge >= 0.3 is 0 Å². The van der Waals surface area contributed by atoms with Crippen LogP contribution in [0, 0.1) is 6.92 Å². The van der Waals surface area contributed by atoms with E-state index in [2.05, 4.69) is 27.4 Å². The van der Waals surface area contributed by atoms with E-state index in [4.69, 9.17) is 0 Å². The van der Waals surface area contributed by atoms with Crippen molar-refractivity contribution in [1.82, 2.24) is 4.90 Å². The highest BCUT2D eigenvalue weighted by Gasteiger charge is 2.23. The standard InChI is InChI=1S/C15H14BrNOS/c1-10-3-2-4-12(14(10)16)15(18)17-7-5-13-11(9-17)6-8-19-13/h2-4,6,8H,5,7,9H2,1H3. The Labute approximate surface area is 125 Å². The second kappa shape index (κ2) is 5.10. The van der Waals surface area contributed by atoms with Gasteiger partial charge in [0.25, 0.3) is 5.91 Å². The van der Waals surface area contributed by atoms with Crippen LogP contribution >= 0.6 is 27.3 Å². The summed E-state index contributed by atoms with van der Waals surface area (Å²) in [6.07, 6.45) is 0.974. The van der Waals surface area contributed by atoms with Gasteiger partial charge in [0, 0.05) is 22.4 Å². The van der Waals surface area contributed by atoms with Crippen LogP contribution in [0.1, 0.15) is 26.4 Å². The first-order valence-corrected chi connectivity index (χ1v) is 7.93. The predicted octanol–water partition coefficient (Wildman–Crippen LogP) is 4.02. The smallest absolute Gasteiger partial charge is 0.255 e. The fourth-order valence-electron chi connectivity index (χ4n) is 2.40. The van der Waals surface area contributed by atoms with Crippen LogP contribution in [0.3, 0.4) is 0 Å². The van der Waals surface area contributed by atoms with Gasteiger partial charge in [-0.3, -0.25) is 4.79 Å². The highest BCUT2D eigenvalue weighted by molar-refractivity contribution is 9.10. The van der Waals surface area contributed by atoms with Crippen LogP contribution in [-0.2, 0) is 13.0 Å².